The minimum absolute atomic E-state index is 0.972. The number of aryl methyl sites for hydroxylation is 3. The van der Waals surface area contributed by atoms with Crippen molar-refractivity contribution in [3.63, 3.8) is 0 Å². The quantitative estimate of drug-likeness (QED) is 0.407. The second-order valence-electron chi connectivity index (χ2n) is 5.27. The first kappa shape index (κ1) is 20.4. The number of nitrogens with zero attached hydrogens (tertiary/aromatic N) is 2. The van der Waals surface area contributed by atoms with E-state index >= 15 is 0 Å². The first-order valence-electron chi connectivity index (χ1n) is 8.94. The minimum Gasteiger partial charge on any atom is -0.346 e. The molecule has 0 aliphatic carbocycles. The number of aromatic nitrogens is 4. The Hall–Kier alpha value is -2.62. The normalized spacial score (nSPS) is 9.40. The predicted octanol–water partition coefficient (Wildman–Crippen LogP) is 6.10. The van der Waals surface area contributed by atoms with Gasteiger partial charge in [-0.3, -0.25) is 0 Å². The van der Waals surface area contributed by atoms with Crippen LogP contribution in [0.5, 0.6) is 0 Å². The van der Waals surface area contributed by atoms with Gasteiger partial charge in [-0.2, -0.15) is 0 Å². The third kappa shape index (κ3) is 5.75. The molecular weight excluding hydrogens is 308 g/mol. The standard InChI is InChI=1S/C9H10N2.C8H8N2.2C2H6/c1-6-3-8-4-7(2)11-9(8)10-5-6;1-6-2-3-7-4-5-9-8(7)10-6;2*1-2/h3-5H,1-2H3,(H,10,11);2-5H,1H3,(H,9,10);2*1-2H3. The van der Waals surface area contributed by atoms with Crippen LogP contribution in [0, 0.1) is 20.8 Å². The summed E-state index contributed by atoms with van der Waals surface area (Å²) in [6.07, 6.45) is 3.77. The number of nitrogens with one attached hydrogen (secondary N) is 2. The number of rotatable bonds is 0. The van der Waals surface area contributed by atoms with Gasteiger partial charge in [0.1, 0.15) is 11.3 Å². The van der Waals surface area contributed by atoms with Gasteiger partial charge < -0.3 is 9.97 Å². The molecule has 4 heteroatoms. The molecule has 0 bridgehead atoms. The van der Waals surface area contributed by atoms with Gasteiger partial charge >= 0.3 is 0 Å². The van der Waals surface area contributed by atoms with Gasteiger partial charge in [0, 0.05) is 34.6 Å². The Morgan fingerprint density at radius 2 is 1.52 bits per heavy atom. The highest BCUT2D eigenvalue weighted by Gasteiger charge is 1.96. The number of fused-ring (bicyclic) bond motifs is 2. The lowest BCUT2D eigenvalue weighted by Gasteiger charge is -1.89. The second-order valence-corrected chi connectivity index (χ2v) is 5.27. The lowest BCUT2D eigenvalue weighted by molar-refractivity contribution is 1.22. The van der Waals surface area contributed by atoms with Gasteiger partial charge in [-0.25, -0.2) is 9.97 Å². The molecule has 4 aromatic rings. The molecule has 4 aromatic heterocycles. The minimum atomic E-state index is 0.972. The van der Waals surface area contributed by atoms with Gasteiger partial charge in [0.15, 0.2) is 0 Å². The van der Waals surface area contributed by atoms with Crippen molar-refractivity contribution in [1.82, 2.24) is 19.9 Å². The van der Waals surface area contributed by atoms with Crippen LogP contribution < -0.4 is 0 Å². The zero-order chi connectivity index (χ0) is 18.8. The average molecular weight is 338 g/mol. The fraction of sp³-hybridized carbons (Fsp3) is 0.333. The van der Waals surface area contributed by atoms with Crippen LogP contribution in [-0.4, -0.2) is 19.9 Å². The second kappa shape index (κ2) is 10.3. The van der Waals surface area contributed by atoms with E-state index in [0.717, 1.165) is 22.7 Å². The monoisotopic (exact) mass is 338 g/mol. The van der Waals surface area contributed by atoms with Crippen LogP contribution in [0.2, 0.25) is 0 Å². The van der Waals surface area contributed by atoms with Crippen LogP contribution in [0.3, 0.4) is 0 Å². The molecule has 25 heavy (non-hydrogen) atoms. The van der Waals surface area contributed by atoms with E-state index in [4.69, 9.17) is 0 Å². The van der Waals surface area contributed by atoms with Crippen molar-refractivity contribution in [2.75, 3.05) is 0 Å². The van der Waals surface area contributed by atoms with Crippen LogP contribution in [0.25, 0.3) is 22.1 Å². The van der Waals surface area contributed by atoms with Crippen molar-refractivity contribution in [3.8, 4) is 0 Å². The van der Waals surface area contributed by atoms with E-state index in [1.54, 1.807) is 0 Å². The molecule has 0 spiro atoms. The molecule has 0 saturated carbocycles. The molecule has 0 fully saturated rings. The maximum atomic E-state index is 4.28. The Morgan fingerprint density at radius 3 is 2.24 bits per heavy atom. The van der Waals surface area contributed by atoms with Gasteiger partial charge in [-0.15, -0.1) is 0 Å². The van der Waals surface area contributed by atoms with Crippen molar-refractivity contribution in [2.45, 2.75) is 48.5 Å². The van der Waals surface area contributed by atoms with Crippen LogP contribution >= 0.6 is 0 Å². The summed E-state index contributed by atoms with van der Waals surface area (Å²) >= 11 is 0. The third-order valence-electron chi connectivity index (χ3n) is 3.29. The van der Waals surface area contributed by atoms with Crippen molar-refractivity contribution in [1.29, 1.82) is 0 Å². The Kier molecular flexibility index (Phi) is 8.40. The van der Waals surface area contributed by atoms with E-state index in [2.05, 4.69) is 45.1 Å². The molecule has 2 N–H and O–H groups in total. The molecule has 134 valence electrons. The van der Waals surface area contributed by atoms with E-state index in [9.17, 15) is 0 Å². The molecule has 0 aliphatic heterocycles. The molecule has 0 radical (unpaired) electrons. The Labute approximate surface area is 150 Å². The summed E-state index contributed by atoms with van der Waals surface area (Å²) in [4.78, 5) is 14.7. The van der Waals surface area contributed by atoms with Gasteiger partial charge in [0.05, 0.1) is 0 Å². The maximum Gasteiger partial charge on any atom is 0.137 e. The topological polar surface area (TPSA) is 57.4 Å². The zero-order valence-corrected chi connectivity index (χ0v) is 16.4. The molecule has 0 atom stereocenters. The van der Waals surface area contributed by atoms with Crippen LogP contribution in [0.4, 0.5) is 0 Å². The van der Waals surface area contributed by atoms with Gasteiger partial charge in [0.25, 0.3) is 0 Å². The third-order valence-corrected chi connectivity index (χ3v) is 3.29. The van der Waals surface area contributed by atoms with Crippen molar-refractivity contribution < 1.29 is 0 Å². The Morgan fingerprint density at radius 1 is 0.800 bits per heavy atom. The molecule has 4 nitrogen and oxygen atoms in total. The number of hydrogen-bond acceptors (Lipinski definition) is 2. The summed E-state index contributed by atoms with van der Waals surface area (Å²) < 4.78 is 0. The number of H-pyrrole nitrogens is 2. The Balaban J connectivity index is 0.000000210. The number of hydrogen-bond donors (Lipinski definition) is 2. The van der Waals surface area contributed by atoms with E-state index in [1.807, 2.05) is 66.1 Å². The molecule has 0 unspecified atom stereocenters. The van der Waals surface area contributed by atoms with E-state index in [-0.39, 0.29) is 0 Å². The molecule has 4 rings (SSSR count). The highest BCUT2D eigenvalue weighted by molar-refractivity contribution is 5.77. The fourth-order valence-corrected chi connectivity index (χ4v) is 2.29. The lowest BCUT2D eigenvalue weighted by Crippen LogP contribution is -1.79. The van der Waals surface area contributed by atoms with Gasteiger partial charge in [-0.05, 0) is 56.7 Å². The first-order valence-corrected chi connectivity index (χ1v) is 8.94. The van der Waals surface area contributed by atoms with E-state index in [1.165, 1.54) is 16.3 Å². The zero-order valence-electron chi connectivity index (χ0n) is 16.4. The average Bonchev–Trinajstić information content (AvgIpc) is 3.23. The summed E-state index contributed by atoms with van der Waals surface area (Å²) in [5.74, 6) is 0. The van der Waals surface area contributed by atoms with Crippen molar-refractivity contribution in [2.24, 2.45) is 0 Å². The molecule has 0 saturated heterocycles. The maximum absolute atomic E-state index is 4.28. The Bertz CT molecular complexity index is 887. The number of pyridine rings is 2. The summed E-state index contributed by atoms with van der Waals surface area (Å²) in [6, 6.07) is 10.3. The molecule has 0 aromatic carbocycles. The molecule has 4 heterocycles. The SMILES string of the molecule is CC.CC.Cc1ccc2cc[nH]c2n1.Cc1cnc2[nH]c(C)cc2c1. The summed E-state index contributed by atoms with van der Waals surface area (Å²) in [7, 11) is 0. The summed E-state index contributed by atoms with van der Waals surface area (Å²) in [5.41, 5.74) is 5.37. The van der Waals surface area contributed by atoms with Gasteiger partial charge in [0.2, 0.25) is 0 Å². The molecule has 0 aliphatic rings. The predicted molar refractivity (Wildman–Crippen MR) is 109 cm³/mol. The number of aromatic amines is 2. The molecule has 0 amide bonds. The fourth-order valence-electron chi connectivity index (χ4n) is 2.29. The highest BCUT2D eigenvalue weighted by atomic mass is 14.9. The summed E-state index contributed by atoms with van der Waals surface area (Å²) in [6.45, 7) is 14.1. The first-order chi connectivity index (χ1) is 12.1. The van der Waals surface area contributed by atoms with Gasteiger partial charge in [-0.1, -0.05) is 27.7 Å². The van der Waals surface area contributed by atoms with Crippen molar-refractivity contribution in [3.05, 3.63) is 59.7 Å². The van der Waals surface area contributed by atoms with E-state index in [0.29, 0.717) is 0 Å². The lowest BCUT2D eigenvalue weighted by atomic mass is 10.2. The highest BCUT2D eigenvalue weighted by Crippen LogP contribution is 2.13. The van der Waals surface area contributed by atoms with Crippen LogP contribution in [0.15, 0.2) is 42.7 Å². The smallest absolute Gasteiger partial charge is 0.137 e. The van der Waals surface area contributed by atoms with E-state index < -0.39 is 0 Å². The van der Waals surface area contributed by atoms with Crippen LogP contribution in [0.1, 0.15) is 44.6 Å². The van der Waals surface area contributed by atoms with Crippen molar-refractivity contribution >= 4 is 22.1 Å². The summed E-state index contributed by atoms with van der Waals surface area (Å²) in [5, 5.41) is 2.37. The largest absolute Gasteiger partial charge is 0.346 e. The molecular formula is C21H30N4. The van der Waals surface area contributed by atoms with Crippen LogP contribution in [-0.2, 0) is 0 Å².